The lowest BCUT2D eigenvalue weighted by atomic mass is 9.97. The van der Waals surface area contributed by atoms with Gasteiger partial charge in [0.2, 0.25) is 5.91 Å². The summed E-state index contributed by atoms with van der Waals surface area (Å²) in [5.74, 6) is 2.18. The second-order valence-corrected chi connectivity index (χ2v) is 9.34. The van der Waals surface area contributed by atoms with Gasteiger partial charge in [0, 0.05) is 48.6 Å². The molecule has 178 valence electrons. The molecule has 1 atom stereocenters. The number of amides is 1. The van der Waals surface area contributed by atoms with Crippen LogP contribution in [0.3, 0.4) is 0 Å². The van der Waals surface area contributed by atoms with Crippen molar-refractivity contribution in [3.63, 3.8) is 0 Å². The fourth-order valence-electron chi connectivity index (χ4n) is 4.03. The number of aromatic nitrogens is 2. The number of piperidine rings is 1. The third kappa shape index (κ3) is 5.80. The Morgan fingerprint density at radius 1 is 1.12 bits per heavy atom. The maximum absolute atomic E-state index is 13.0. The lowest BCUT2D eigenvalue weighted by Crippen LogP contribution is -2.43. The van der Waals surface area contributed by atoms with E-state index in [2.05, 4.69) is 51.4 Å². The van der Waals surface area contributed by atoms with E-state index in [0.29, 0.717) is 18.8 Å². The molecule has 1 fully saturated rings. The van der Waals surface area contributed by atoms with Gasteiger partial charge in [-0.15, -0.1) is 0 Å². The number of carbonyl (C=O) groups excluding carboxylic acids is 1. The number of aryl methyl sites for hydroxylation is 1. The Bertz CT molecular complexity index is 1120. The van der Waals surface area contributed by atoms with Crippen LogP contribution in [-0.2, 0) is 11.3 Å². The first-order valence-corrected chi connectivity index (χ1v) is 12.2. The molecule has 1 amide bonds. The van der Waals surface area contributed by atoms with E-state index >= 15 is 0 Å². The highest BCUT2D eigenvalue weighted by Gasteiger charge is 2.28. The van der Waals surface area contributed by atoms with Gasteiger partial charge in [0.25, 0.3) is 0 Å². The van der Waals surface area contributed by atoms with E-state index in [9.17, 15) is 4.79 Å². The van der Waals surface area contributed by atoms with Gasteiger partial charge < -0.3 is 19.7 Å². The average Bonchev–Trinajstić information content (AvgIpc) is 2.89. The average molecular weight is 479 g/mol. The van der Waals surface area contributed by atoms with Gasteiger partial charge >= 0.3 is 0 Å². The first kappa shape index (κ1) is 23.9. The summed E-state index contributed by atoms with van der Waals surface area (Å²) in [5.41, 5.74) is 2.14. The third-order valence-electron chi connectivity index (χ3n) is 5.92. The van der Waals surface area contributed by atoms with Gasteiger partial charge in [-0.3, -0.25) is 4.79 Å². The van der Waals surface area contributed by atoms with Crippen LogP contribution in [0.1, 0.15) is 24.0 Å². The Kier molecular flexibility index (Phi) is 7.90. The van der Waals surface area contributed by atoms with Gasteiger partial charge in [0.05, 0.1) is 20.1 Å². The number of benzene rings is 2. The lowest BCUT2D eigenvalue weighted by molar-refractivity contribution is -0.125. The Balaban J connectivity index is 1.42. The highest BCUT2D eigenvalue weighted by molar-refractivity contribution is 7.99. The molecular weight excluding hydrogens is 448 g/mol. The molecule has 1 aliphatic rings. The fourth-order valence-corrected chi connectivity index (χ4v) is 4.91. The number of nitrogens with one attached hydrogen (secondary N) is 1. The van der Waals surface area contributed by atoms with Gasteiger partial charge in [0.15, 0.2) is 5.82 Å². The summed E-state index contributed by atoms with van der Waals surface area (Å²) in [6.07, 6.45) is 5.21. The van der Waals surface area contributed by atoms with Crippen LogP contribution in [-0.4, -0.2) is 43.2 Å². The molecule has 0 radical (unpaired) electrons. The zero-order chi connectivity index (χ0) is 23.9. The molecular formula is C26H30N4O3S. The molecule has 1 N–H and O–H groups in total. The maximum Gasteiger partial charge on any atom is 0.225 e. The molecule has 2 heterocycles. The van der Waals surface area contributed by atoms with E-state index in [4.69, 9.17) is 9.47 Å². The summed E-state index contributed by atoms with van der Waals surface area (Å²) >= 11 is 1.60. The van der Waals surface area contributed by atoms with E-state index in [1.54, 1.807) is 38.4 Å². The number of rotatable bonds is 8. The molecule has 1 aromatic heterocycles. The molecule has 1 unspecified atom stereocenters. The van der Waals surface area contributed by atoms with Crippen LogP contribution >= 0.6 is 11.8 Å². The smallest absolute Gasteiger partial charge is 0.225 e. The number of nitrogens with zero attached hydrogens (tertiary/aromatic N) is 3. The molecule has 2 aromatic carbocycles. The molecule has 0 spiro atoms. The molecule has 8 heteroatoms. The molecule has 7 nitrogen and oxygen atoms in total. The van der Waals surface area contributed by atoms with Crippen LogP contribution in [0.5, 0.6) is 11.5 Å². The molecule has 0 saturated carbocycles. The minimum absolute atomic E-state index is 0.0409. The Hall–Kier alpha value is -3.26. The number of anilines is 1. The summed E-state index contributed by atoms with van der Waals surface area (Å²) < 4.78 is 10.7. The van der Waals surface area contributed by atoms with Gasteiger partial charge in [-0.25, -0.2) is 9.97 Å². The van der Waals surface area contributed by atoms with Crippen LogP contribution in [0.4, 0.5) is 5.82 Å². The summed E-state index contributed by atoms with van der Waals surface area (Å²) in [6, 6.07) is 14.0. The van der Waals surface area contributed by atoms with Gasteiger partial charge in [0.1, 0.15) is 16.5 Å². The summed E-state index contributed by atoms with van der Waals surface area (Å²) in [4.78, 5) is 25.5. The molecule has 0 aliphatic carbocycles. The van der Waals surface area contributed by atoms with Crippen molar-refractivity contribution >= 4 is 23.5 Å². The predicted octanol–water partition coefficient (Wildman–Crippen LogP) is 4.49. The second-order valence-electron chi connectivity index (χ2n) is 8.28. The topological polar surface area (TPSA) is 76.6 Å². The fraction of sp³-hybridized carbons (Fsp3) is 0.346. The first-order valence-electron chi connectivity index (χ1n) is 11.4. The molecule has 1 saturated heterocycles. The summed E-state index contributed by atoms with van der Waals surface area (Å²) in [5, 5.41) is 3.94. The minimum Gasteiger partial charge on any atom is -0.497 e. The lowest BCUT2D eigenvalue weighted by Gasteiger charge is -2.33. The van der Waals surface area contributed by atoms with Gasteiger partial charge in [-0.05, 0) is 44.0 Å². The quantitative estimate of drug-likeness (QED) is 0.511. The van der Waals surface area contributed by atoms with Gasteiger partial charge in [-0.1, -0.05) is 29.5 Å². The number of methoxy groups -OCH3 is 2. The van der Waals surface area contributed by atoms with Crippen molar-refractivity contribution in [3.8, 4) is 11.5 Å². The van der Waals surface area contributed by atoms with Crippen molar-refractivity contribution in [3.05, 3.63) is 66.0 Å². The van der Waals surface area contributed by atoms with E-state index in [-0.39, 0.29) is 11.8 Å². The zero-order valence-electron chi connectivity index (χ0n) is 19.8. The third-order valence-corrected chi connectivity index (χ3v) is 6.91. The molecule has 1 aliphatic heterocycles. The highest BCUT2D eigenvalue weighted by atomic mass is 32.2. The van der Waals surface area contributed by atoms with Crippen LogP contribution < -0.4 is 19.7 Å². The van der Waals surface area contributed by atoms with E-state index < -0.39 is 0 Å². The second kappa shape index (κ2) is 11.2. The number of hydrogen-bond donors (Lipinski definition) is 1. The van der Waals surface area contributed by atoms with Crippen LogP contribution in [0.15, 0.2) is 64.8 Å². The zero-order valence-corrected chi connectivity index (χ0v) is 20.6. The maximum atomic E-state index is 13.0. The summed E-state index contributed by atoms with van der Waals surface area (Å²) in [6.45, 7) is 3.95. The molecule has 0 bridgehead atoms. The van der Waals surface area contributed by atoms with Crippen LogP contribution in [0.25, 0.3) is 0 Å². The van der Waals surface area contributed by atoms with E-state index in [1.165, 1.54) is 5.56 Å². The van der Waals surface area contributed by atoms with Crippen molar-refractivity contribution in [2.75, 3.05) is 32.2 Å². The van der Waals surface area contributed by atoms with E-state index in [1.807, 2.05) is 18.2 Å². The number of hydrogen-bond acceptors (Lipinski definition) is 7. The Labute approximate surface area is 204 Å². The normalized spacial score (nSPS) is 15.6. The molecule has 34 heavy (non-hydrogen) atoms. The van der Waals surface area contributed by atoms with Crippen LogP contribution in [0, 0.1) is 12.8 Å². The molecule has 4 rings (SSSR count). The first-order chi connectivity index (χ1) is 16.6. The van der Waals surface area contributed by atoms with Crippen molar-refractivity contribution in [2.24, 2.45) is 5.92 Å². The SMILES string of the molecule is COc1ccc(CNC(=O)C2CCCN(c3nccnc3Sc3ccc(C)cc3)C2)c(OC)c1. The van der Waals surface area contributed by atoms with E-state index in [0.717, 1.165) is 46.4 Å². The molecule has 3 aromatic rings. The van der Waals surface area contributed by atoms with Crippen molar-refractivity contribution < 1.29 is 14.3 Å². The standard InChI is InChI=1S/C26H30N4O3S/c1-18-6-10-22(11-7-18)34-26-24(27-12-13-28-26)30-14-4-5-20(17-30)25(31)29-16-19-8-9-21(32-2)15-23(19)33-3/h6-13,15,20H,4-5,14,16-17H2,1-3H3,(H,29,31). The highest BCUT2D eigenvalue weighted by Crippen LogP contribution is 2.34. The van der Waals surface area contributed by atoms with Crippen molar-refractivity contribution in [1.29, 1.82) is 0 Å². The van der Waals surface area contributed by atoms with Crippen LogP contribution in [0.2, 0.25) is 0 Å². The van der Waals surface area contributed by atoms with Crippen molar-refractivity contribution in [1.82, 2.24) is 15.3 Å². The summed E-state index contributed by atoms with van der Waals surface area (Å²) in [7, 11) is 3.24. The monoisotopic (exact) mass is 478 g/mol. The number of carbonyl (C=O) groups is 1. The predicted molar refractivity (Wildman–Crippen MR) is 134 cm³/mol. The minimum atomic E-state index is -0.114. The Morgan fingerprint density at radius 2 is 1.91 bits per heavy atom. The number of ether oxygens (including phenoxy) is 2. The van der Waals surface area contributed by atoms with Crippen molar-refractivity contribution in [2.45, 2.75) is 36.2 Å². The largest absolute Gasteiger partial charge is 0.497 e. The Morgan fingerprint density at radius 3 is 2.68 bits per heavy atom. The van der Waals surface area contributed by atoms with Gasteiger partial charge in [-0.2, -0.15) is 0 Å².